The van der Waals surface area contributed by atoms with E-state index in [2.05, 4.69) is 24.9 Å². The first-order valence-corrected chi connectivity index (χ1v) is 21.1. The van der Waals surface area contributed by atoms with E-state index in [0.717, 1.165) is 11.3 Å². The summed E-state index contributed by atoms with van der Waals surface area (Å²) in [6.07, 6.45) is -0.750. The van der Waals surface area contributed by atoms with Crippen LogP contribution in [0.15, 0.2) is 78.9 Å². The minimum atomic E-state index is -0.750. The Kier molecular flexibility index (Phi) is 11.7. The van der Waals surface area contributed by atoms with E-state index in [-0.39, 0.29) is 11.9 Å². The van der Waals surface area contributed by atoms with E-state index >= 15 is 0 Å². The van der Waals surface area contributed by atoms with Gasteiger partial charge in [0.1, 0.15) is 17.5 Å². The Hall–Kier alpha value is -6.41. The van der Waals surface area contributed by atoms with Crippen molar-refractivity contribution in [1.82, 2.24) is 29.9 Å². The summed E-state index contributed by atoms with van der Waals surface area (Å²) in [6.45, 7) is 10.3. The highest BCUT2D eigenvalue weighted by Crippen LogP contribution is 2.42. The van der Waals surface area contributed by atoms with Gasteiger partial charge in [-0.15, -0.1) is 0 Å². The number of aromatic nitrogens is 6. The van der Waals surface area contributed by atoms with Crippen molar-refractivity contribution in [3.8, 4) is 17.5 Å². The number of para-hydroxylation sites is 1. The molecular weight excluding hydrogens is 797 g/mol. The summed E-state index contributed by atoms with van der Waals surface area (Å²) in [4.78, 5) is 52.8. The lowest BCUT2D eigenvalue weighted by molar-refractivity contribution is -0.135. The number of nitrogens with zero attached hydrogens (tertiary/aromatic N) is 11. The van der Waals surface area contributed by atoms with Crippen molar-refractivity contribution in [2.75, 3.05) is 135 Å². The van der Waals surface area contributed by atoms with Crippen LogP contribution in [-0.2, 0) is 23.7 Å². The third-order valence-corrected chi connectivity index (χ3v) is 11.3. The summed E-state index contributed by atoms with van der Waals surface area (Å²) in [5.41, 5.74) is 2.35. The molecule has 5 aliphatic rings. The van der Waals surface area contributed by atoms with Gasteiger partial charge in [0.05, 0.1) is 52.9 Å². The Labute approximate surface area is 358 Å². The Morgan fingerprint density at radius 3 is 1.47 bits per heavy atom. The number of nitrogens with one attached hydrogen (secondary N) is 1. The first-order chi connectivity index (χ1) is 30.6. The molecule has 5 saturated heterocycles. The van der Waals surface area contributed by atoms with Crippen molar-refractivity contribution in [3.63, 3.8) is 0 Å². The molecule has 2 aromatic heterocycles. The highest BCUT2D eigenvalue weighted by Gasteiger charge is 2.51. The summed E-state index contributed by atoms with van der Waals surface area (Å²) in [5, 5.41) is 3.38. The van der Waals surface area contributed by atoms with Crippen LogP contribution < -0.4 is 39.3 Å². The van der Waals surface area contributed by atoms with E-state index in [9.17, 15) is 4.79 Å². The van der Waals surface area contributed by atoms with Gasteiger partial charge in [-0.05, 0) is 54.1 Å². The zero-order chi connectivity index (χ0) is 41.7. The SMILES string of the molecule is O=C1[C@@H](Oc2ccccc2)[C@@H](c2ccc(Oc3nc(N4CCOCC4)nc(N4CCOCC4)n3)cc2)N1c1ccc(Nc2nc(N3CCOCC3)nc(N3CCOCC3)n2)cc1. The molecule has 5 aromatic rings. The maximum atomic E-state index is 14.0. The highest BCUT2D eigenvalue weighted by atomic mass is 16.5. The Bertz CT molecular complexity index is 2220. The summed E-state index contributed by atoms with van der Waals surface area (Å²) >= 11 is 0. The molecule has 1 amide bonds. The van der Waals surface area contributed by atoms with E-state index < -0.39 is 12.1 Å². The lowest BCUT2D eigenvalue weighted by atomic mass is 9.89. The minimum Gasteiger partial charge on any atom is -0.478 e. The molecule has 0 saturated carbocycles. The molecule has 0 bridgehead atoms. The number of carbonyl (C=O) groups is 1. The van der Waals surface area contributed by atoms with Crippen LogP contribution in [0.4, 0.5) is 41.1 Å². The predicted octanol–water partition coefficient (Wildman–Crippen LogP) is 3.47. The average molecular weight is 845 g/mol. The number of morpholine rings is 4. The molecule has 5 fully saturated rings. The zero-order valence-electron chi connectivity index (χ0n) is 34.3. The monoisotopic (exact) mass is 844 g/mol. The predicted molar refractivity (Wildman–Crippen MR) is 229 cm³/mol. The van der Waals surface area contributed by atoms with Gasteiger partial charge in [-0.1, -0.05) is 30.3 Å². The Morgan fingerprint density at radius 1 is 0.516 bits per heavy atom. The van der Waals surface area contributed by atoms with Crippen molar-refractivity contribution in [2.24, 2.45) is 0 Å². The van der Waals surface area contributed by atoms with Crippen LogP contribution in [0.3, 0.4) is 0 Å². The van der Waals surface area contributed by atoms with Crippen molar-refractivity contribution < 1.29 is 33.2 Å². The molecule has 19 nitrogen and oxygen atoms in total. The summed E-state index contributed by atoms with van der Waals surface area (Å²) in [5.74, 6) is 3.73. The fourth-order valence-electron chi connectivity index (χ4n) is 7.92. The number of amides is 1. The molecular formula is C43H48N12O7. The molecule has 3 aromatic carbocycles. The summed E-state index contributed by atoms with van der Waals surface area (Å²) < 4.78 is 34.9. The summed E-state index contributed by atoms with van der Waals surface area (Å²) in [7, 11) is 0. The molecule has 0 spiro atoms. The Morgan fingerprint density at radius 2 is 0.984 bits per heavy atom. The second-order valence-corrected chi connectivity index (χ2v) is 15.2. The van der Waals surface area contributed by atoms with E-state index in [1.807, 2.05) is 78.9 Å². The number of ether oxygens (including phenoxy) is 6. The van der Waals surface area contributed by atoms with Crippen molar-refractivity contribution >= 4 is 47.0 Å². The first-order valence-electron chi connectivity index (χ1n) is 21.1. The van der Waals surface area contributed by atoms with Gasteiger partial charge in [0.25, 0.3) is 5.91 Å². The topological polar surface area (TPSA) is 178 Å². The largest absolute Gasteiger partial charge is 0.478 e. The fourth-order valence-corrected chi connectivity index (χ4v) is 7.92. The van der Waals surface area contributed by atoms with Gasteiger partial charge in [0.2, 0.25) is 35.8 Å². The van der Waals surface area contributed by atoms with Crippen molar-refractivity contribution in [1.29, 1.82) is 0 Å². The maximum absolute atomic E-state index is 14.0. The smallest absolute Gasteiger partial charge is 0.328 e. The quantitative estimate of drug-likeness (QED) is 0.180. The molecule has 2 atom stereocenters. The minimum absolute atomic E-state index is 0.154. The highest BCUT2D eigenvalue weighted by molar-refractivity contribution is 6.05. The third-order valence-electron chi connectivity index (χ3n) is 11.3. The van der Waals surface area contributed by atoms with Crippen LogP contribution in [0.5, 0.6) is 17.5 Å². The van der Waals surface area contributed by atoms with Gasteiger partial charge in [-0.3, -0.25) is 9.69 Å². The number of carbonyl (C=O) groups excluding carboxylic acids is 1. The molecule has 62 heavy (non-hydrogen) atoms. The van der Waals surface area contributed by atoms with E-state index in [4.69, 9.17) is 58.3 Å². The van der Waals surface area contributed by atoms with Gasteiger partial charge < -0.3 is 53.3 Å². The van der Waals surface area contributed by atoms with Gasteiger partial charge in [0, 0.05) is 63.7 Å². The van der Waals surface area contributed by atoms with E-state index in [1.54, 1.807) is 4.90 Å². The van der Waals surface area contributed by atoms with E-state index in [0.29, 0.717) is 152 Å². The normalized spacial score (nSPS) is 20.8. The van der Waals surface area contributed by atoms with Crippen molar-refractivity contribution in [3.05, 3.63) is 84.4 Å². The lowest BCUT2D eigenvalue weighted by Crippen LogP contribution is -2.61. The van der Waals surface area contributed by atoms with Gasteiger partial charge >= 0.3 is 6.01 Å². The van der Waals surface area contributed by atoms with Crippen LogP contribution in [-0.4, -0.2) is 147 Å². The molecule has 10 rings (SSSR count). The first kappa shape index (κ1) is 39.7. The number of β-lactam (4-membered cyclic amide) rings is 1. The zero-order valence-corrected chi connectivity index (χ0v) is 34.3. The average Bonchev–Trinajstić information content (AvgIpc) is 3.34. The Balaban J connectivity index is 0.892. The fraction of sp³-hybridized carbons (Fsp3) is 0.419. The number of hydrogen-bond acceptors (Lipinski definition) is 18. The molecule has 0 radical (unpaired) electrons. The van der Waals surface area contributed by atoms with Crippen LogP contribution in [0, 0.1) is 0 Å². The lowest BCUT2D eigenvalue weighted by Gasteiger charge is -2.46. The van der Waals surface area contributed by atoms with Crippen LogP contribution in [0.1, 0.15) is 11.6 Å². The van der Waals surface area contributed by atoms with Gasteiger partial charge in [-0.2, -0.15) is 29.9 Å². The molecule has 5 aliphatic heterocycles. The number of rotatable bonds is 12. The molecule has 0 unspecified atom stereocenters. The third kappa shape index (κ3) is 8.83. The van der Waals surface area contributed by atoms with Gasteiger partial charge in [0.15, 0.2) is 0 Å². The summed E-state index contributed by atoms with van der Waals surface area (Å²) in [6, 6.07) is 24.4. The van der Waals surface area contributed by atoms with Crippen LogP contribution in [0.25, 0.3) is 0 Å². The standard InChI is InChI=1S/C43H48N12O7/c56-37-36(61-33-4-2-1-3-5-33)35(30-6-12-34(13-7-30)62-43-49-41(53-18-26-59-27-19-53)48-42(50-43)54-20-28-60-29-21-54)55(37)32-10-8-31(9-11-32)44-38-45-39(51-14-22-57-23-15-51)47-40(46-38)52-16-24-58-25-17-52/h1-13,35-36H,14-29H2,(H,44,45,46,47)/t35-,36+/m1/s1. The number of benzene rings is 3. The molecule has 19 heteroatoms. The molecule has 7 heterocycles. The van der Waals surface area contributed by atoms with Gasteiger partial charge in [-0.25, -0.2) is 0 Å². The van der Waals surface area contributed by atoms with Crippen molar-refractivity contribution in [2.45, 2.75) is 12.1 Å². The molecule has 1 N–H and O–H groups in total. The second-order valence-electron chi connectivity index (χ2n) is 15.2. The molecule has 0 aliphatic carbocycles. The number of anilines is 7. The molecule has 322 valence electrons. The second kappa shape index (κ2) is 18.3. The number of hydrogen-bond donors (Lipinski definition) is 1. The van der Waals surface area contributed by atoms with E-state index in [1.165, 1.54) is 0 Å². The van der Waals surface area contributed by atoms with Crippen LogP contribution >= 0.6 is 0 Å². The maximum Gasteiger partial charge on any atom is 0.328 e. The van der Waals surface area contributed by atoms with Crippen LogP contribution in [0.2, 0.25) is 0 Å².